The summed E-state index contributed by atoms with van der Waals surface area (Å²) >= 11 is 1.66. The number of thioether (sulfide) groups is 1. The summed E-state index contributed by atoms with van der Waals surface area (Å²) in [4.78, 5) is 17.2. The van der Waals surface area contributed by atoms with Gasteiger partial charge < -0.3 is 14.8 Å². The number of amides is 2. The van der Waals surface area contributed by atoms with Crippen LogP contribution in [0.5, 0.6) is 0 Å². The van der Waals surface area contributed by atoms with E-state index >= 15 is 0 Å². The minimum Gasteiger partial charge on any atom is -0.308 e. The number of fused-ring (bicyclic) bond motifs is 3. The van der Waals surface area contributed by atoms with E-state index in [9.17, 15) is 4.79 Å². The largest absolute Gasteiger partial charge is 0.322 e. The summed E-state index contributed by atoms with van der Waals surface area (Å²) in [6.07, 6.45) is 4.88. The number of carbonyl (C=O) groups excluding carboxylic acids is 1. The van der Waals surface area contributed by atoms with Crippen molar-refractivity contribution in [3.63, 3.8) is 0 Å². The normalized spacial score (nSPS) is 14.4. The second-order valence-electron chi connectivity index (χ2n) is 9.76. The molecule has 2 amide bonds. The number of hydrogen-bond acceptors (Lipinski definition) is 3. The van der Waals surface area contributed by atoms with Crippen LogP contribution in [0.3, 0.4) is 0 Å². The zero-order chi connectivity index (χ0) is 26.9. The number of hydrogen-bond donors (Lipinski definition) is 1. The van der Waals surface area contributed by atoms with Crippen LogP contribution in [0.2, 0.25) is 0 Å². The average Bonchev–Trinajstić information content (AvgIpc) is 3.55. The summed E-state index contributed by atoms with van der Waals surface area (Å²) in [6, 6.07) is 30.4. The quantitative estimate of drug-likeness (QED) is 0.240. The number of carbonyl (C=O) groups is 1. The fraction of sp³-hybridized carbons (Fsp3) is 0.188. The smallest absolute Gasteiger partial charge is 0.308 e. The van der Waals surface area contributed by atoms with Crippen molar-refractivity contribution >= 4 is 23.5 Å². The first-order valence-electron chi connectivity index (χ1n) is 13.2. The summed E-state index contributed by atoms with van der Waals surface area (Å²) in [7, 11) is 0. The van der Waals surface area contributed by atoms with Crippen LogP contribution in [-0.2, 0) is 13.0 Å². The van der Waals surface area contributed by atoms with Gasteiger partial charge in [-0.05, 0) is 67.6 Å². The Morgan fingerprint density at radius 2 is 1.79 bits per heavy atom. The van der Waals surface area contributed by atoms with Gasteiger partial charge in [0.2, 0.25) is 0 Å². The second kappa shape index (κ2) is 10.5. The van der Waals surface area contributed by atoms with Crippen LogP contribution in [-0.4, -0.2) is 31.5 Å². The van der Waals surface area contributed by atoms with Crippen LogP contribution in [0.1, 0.15) is 41.0 Å². The molecule has 1 N–H and O–H groups in total. The molecule has 3 aromatic carbocycles. The lowest BCUT2D eigenvalue weighted by Crippen LogP contribution is -2.38. The molecule has 1 aliphatic heterocycles. The van der Waals surface area contributed by atoms with Crippen LogP contribution >= 0.6 is 11.8 Å². The molecule has 0 saturated carbocycles. The number of rotatable bonds is 5. The van der Waals surface area contributed by atoms with Gasteiger partial charge in [-0.3, -0.25) is 0 Å². The number of anilines is 1. The van der Waals surface area contributed by atoms with E-state index in [-0.39, 0.29) is 12.1 Å². The van der Waals surface area contributed by atoms with E-state index in [2.05, 4.69) is 78.5 Å². The van der Waals surface area contributed by atoms with Crippen molar-refractivity contribution < 1.29 is 4.79 Å². The zero-order valence-electron chi connectivity index (χ0n) is 22.3. The SMILES string of the molecule is CCc1nn(-c2ccccc2)c2c1CN(C(=O)Nc1cccc(SC)c1)C(c1ccc(C)cc1)c1cccn1-2. The Hall–Kier alpha value is -4.23. The average molecular weight is 534 g/mol. The van der Waals surface area contributed by atoms with Gasteiger partial charge in [0.15, 0.2) is 0 Å². The van der Waals surface area contributed by atoms with Crippen LogP contribution in [0.25, 0.3) is 11.5 Å². The van der Waals surface area contributed by atoms with Crippen molar-refractivity contribution in [2.75, 3.05) is 11.6 Å². The molecule has 1 aliphatic rings. The molecule has 6 nitrogen and oxygen atoms in total. The maximum Gasteiger partial charge on any atom is 0.322 e. The first-order valence-corrected chi connectivity index (χ1v) is 14.4. The molecule has 0 bridgehead atoms. The minimum atomic E-state index is -0.286. The molecule has 6 rings (SSSR count). The van der Waals surface area contributed by atoms with Crippen LogP contribution in [0.4, 0.5) is 10.5 Å². The van der Waals surface area contributed by atoms with Gasteiger partial charge in [-0.2, -0.15) is 5.10 Å². The Morgan fingerprint density at radius 1 is 1.00 bits per heavy atom. The number of benzene rings is 3. The third-order valence-electron chi connectivity index (χ3n) is 7.28. The highest BCUT2D eigenvalue weighted by Crippen LogP contribution is 2.39. The van der Waals surface area contributed by atoms with Crippen LogP contribution in [0, 0.1) is 6.92 Å². The van der Waals surface area contributed by atoms with E-state index in [1.165, 1.54) is 5.56 Å². The van der Waals surface area contributed by atoms with Gasteiger partial charge in [0.1, 0.15) is 5.82 Å². The second-order valence-corrected chi connectivity index (χ2v) is 10.6. The summed E-state index contributed by atoms with van der Waals surface area (Å²) in [5.74, 6) is 0.981. The van der Waals surface area contributed by atoms with E-state index in [1.54, 1.807) is 11.8 Å². The molecular weight excluding hydrogens is 502 g/mol. The fourth-order valence-corrected chi connectivity index (χ4v) is 5.80. The number of aromatic nitrogens is 3. The van der Waals surface area contributed by atoms with Gasteiger partial charge in [-0.25, -0.2) is 9.48 Å². The molecule has 0 spiro atoms. The first-order chi connectivity index (χ1) is 19.1. The predicted octanol–water partition coefficient (Wildman–Crippen LogP) is 7.39. The standard InChI is InChI=1S/C32H31N5OS/c1-4-28-27-21-36(32(38)33-24-10-8-13-26(20-24)39-3)30(23-17-15-22(2)16-18-23)29-14-9-19-35(29)31(27)37(34-28)25-11-6-5-7-12-25/h5-20,30H,4,21H2,1-3H3,(H,33,38). The summed E-state index contributed by atoms with van der Waals surface area (Å²) in [5, 5.41) is 8.24. The third-order valence-corrected chi connectivity index (χ3v) is 8.00. The Labute approximate surface area is 233 Å². The van der Waals surface area contributed by atoms with Gasteiger partial charge in [-0.1, -0.05) is 61.0 Å². The maximum atomic E-state index is 14.2. The van der Waals surface area contributed by atoms with Crippen molar-refractivity contribution in [1.29, 1.82) is 0 Å². The Bertz CT molecular complexity index is 1620. The fourth-order valence-electron chi connectivity index (χ4n) is 5.34. The number of urea groups is 1. The first kappa shape index (κ1) is 25.1. The molecule has 1 atom stereocenters. The molecule has 5 aromatic rings. The molecule has 0 fully saturated rings. The third kappa shape index (κ3) is 4.63. The maximum absolute atomic E-state index is 14.2. The predicted molar refractivity (Wildman–Crippen MR) is 158 cm³/mol. The molecule has 0 saturated heterocycles. The molecule has 1 unspecified atom stereocenters. The topological polar surface area (TPSA) is 55.1 Å². The van der Waals surface area contributed by atoms with Gasteiger partial charge in [0.25, 0.3) is 0 Å². The molecule has 3 heterocycles. The van der Waals surface area contributed by atoms with Crippen molar-refractivity contribution in [3.05, 3.63) is 125 Å². The molecule has 2 aromatic heterocycles. The summed E-state index contributed by atoms with van der Waals surface area (Å²) in [6.45, 7) is 4.63. The van der Waals surface area contributed by atoms with Crippen LogP contribution < -0.4 is 5.32 Å². The molecule has 39 heavy (non-hydrogen) atoms. The minimum absolute atomic E-state index is 0.144. The highest BCUT2D eigenvalue weighted by atomic mass is 32.2. The number of nitrogens with zero attached hydrogens (tertiary/aromatic N) is 4. The van der Waals surface area contributed by atoms with Crippen molar-refractivity contribution in [2.24, 2.45) is 0 Å². The lowest BCUT2D eigenvalue weighted by Gasteiger charge is -2.31. The molecule has 0 radical (unpaired) electrons. The van der Waals surface area contributed by atoms with E-state index < -0.39 is 0 Å². The van der Waals surface area contributed by atoms with E-state index in [1.807, 2.05) is 58.3 Å². The van der Waals surface area contributed by atoms with Crippen LogP contribution in [0.15, 0.2) is 102 Å². The van der Waals surface area contributed by atoms with Gasteiger partial charge in [-0.15, -0.1) is 11.8 Å². The summed E-state index contributed by atoms with van der Waals surface area (Å²) in [5.41, 5.74) is 7.09. The Kier molecular flexibility index (Phi) is 6.75. The molecule has 0 aliphatic carbocycles. The van der Waals surface area contributed by atoms with Gasteiger partial charge >= 0.3 is 6.03 Å². The number of nitrogens with one attached hydrogen (secondary N) is 1. The molecule has 196 valence electrons. The van der Waals surface area contributed by atoms with Crippen molar-refractivity contribution in [3.8, 4) is 11.5 Å². The van der Waals surface area contributed by atoms with E-state index in [0.717, 1.165) is 51.0 Å². The highest BCUT2D eigenvalue weighted by Gasteiger charge is 2.36. The van der Waals surface area contributed by atoms with Crippen molar-refractivity contribution in [2.45, 2.75) is 37.8 Å². The number of para-hydroxylation sites is 1. The zero-order valence-corrected chi connectivity index (χ0v) is 23.2. The lowest BCUT2D eigenvalue weighted by atomic mass is 10.0. The molecular formula is C32H31N5OS. The Morgan fingerprint density at radius 3 is 2.54 bits per heavy atom. The summed E-state index contributed by atoms with van der Waals surface area (Å²) < 4.78 is 4.23. The van der Waals surface area contributed by atoms with E-state index in [0.29, 0.717) is 6.54 Å². The van der Waals surface area contributed by atoms with E-state index in [4.69, 9.17) is 5.10 Å². The molecule has 7 heteroatoms. The Balaban J connectivity index is 1.53. The lowest BCUT2D eigenvalue weighted by molar-refractivity contribution is 0.194. The van der Waals surface area contributed by atoms with Gasteiger partial charge in [0.05, 0.1) is 29.7 Å². The van der Waals surface area contributed by atoms with Gasteiger partial charge in [0, 0.05) is 22.3 Å². The highest BCUT2D eigenvalue weighted by molar-refractivity contribution is 7.98. The monoisotopic (exact) mass is 533 g/mol. The number of aryl methyl sites for hydroxylation is 2. The van der Waals surface area contributed by atoms with Crippen molar-refractivity contribution in [1.82, 2.24) is 19.2 Å².